The van der Waals surface area contributed by atoms with Crippen molar-refractivity contribution in [2.24, 2.45) is 11.8 Å². The van der Waals surface area contributed by atoms with Crippen molar-refractivity contribution in [3.05, 3.63) is 24.3 Å². The van der Waals surface area contributed by atoms with Crippen LogP contribution in [0.25, 0.3) is 0 Å². The SMILES string of the molecule is CCCCCCCC/C=C/[C@H]1CCC[C@@H]1C/C=C\CCC(=O)O. The van der Waals surface area contributed by atoms with Crippen molar-refractivity contribution in [1.29, 1.82) is 0 Å². The van der Waals surface area contributed by atoms with Crippen LogP contribution in [0.2, 0.25) is 0 Å². The van der Waals surface area contributed by atoms with Crippen LogP contribution in [0.3, 0.4) is 0 Å². The summed E-state index contributed by atoms with van der Waals surface area (Å²) in [7, 11) is 0. The third kappa shape index (κ3) is 10.4. The second kappa shape index (κ2) is 13.4. The molecule has 0 spiro atoms. The molecular weight excluding hydrogens is 284 g/mol. The predicted octanol–water partition coefficient (Wildman–Crippen LogP) is 6.52. The highest BCUT2D eigenvalue weighted by Crippen LogP contribution is 2.35. The fourth-order valence-electron chi connectivity index (χ4n) is 3.52. The molecule has 1 fully saturated rings. The van der Waals surface area contributed by atoms with Crippen molar-refractivity contribution in [3.8, 4) is 0 Å². The van der Waals surface area contributed by atoms with Crippen molar-refractivity contribution in [3.63, 3.8) is 0 Å². The Morgan fingerprint density at radius 3 is 2.57 bits per heavy atom. The fraction of sp³-hybridized carbons (Fsp3) is 0.762. The zero-order chi connectivity index (χ0) is 16.8. The number of allylic oxidation sites excluding steroid dienone is 4. The molecule has 2 heteroatoms. The molecule has 1 N–H and O–H groups in total. The molecule has 0 aromatic rings. The highest BCUT2D eigenvalue weighted by Gasteiger charge is 2.23. The van der Waals surface area contributed by atoms with Gasteiger partial charge in [0.05, 0.1) is 0 Å². The molecule has 1 aliphatic rings. The molecule has 0 aliphatic heterocycles. The highest BCUT2D eigenvalue weighted by molar-refractivity contribution is 5.66. The van der Waals surface area contributed by atoms with Crippen LogP contribution in [0.1, 0.15) is 90.4 Å². The summed E-state index contributed by atoms with van der Waals surface area (Å²) in [4.78, 5) is 10.5. The average Bonchev–Trinajstić information content (AvgIpc) is 2.97. The summed E-state index contributed by atoms with van der Waals surface area (Å²) in [5.74, 6) is 0.821. The monoisotopic (exact) mass is 320 g/mol. The molecule has 0 aromatic carbocycles. The molecule has 0 heterocycles. The minimum Gasteiger partial charge on any atom is -0.481 e. The lowest BCUT2D eigenvalue weighted by molar-refractivity contribution is -0.136. The van der Waals surface area contributed by atoms with E-state index in [9.17, 15) is 4.79 Å². The Balaban J connectivity index is 2.12. The quantitative estimate of drug-likeness (QED) is 0.310. The van der Waals surface area contributed by atoms with Crippen LogP contribution in [-0.2, 0) is 4.79 Å². The normalized spacial score (nSPS) is 21.6. The van der Waals surface area contributed by atoms with E-state index in [0.717, 1.165) is 18.3 Å². The smallest absolute Gasteiger partial charge is 0.303 e. The van der Waals surface area contributed by atoms with E-state index in [4.69, 9.17) is 5.11 Å². The first-order chi connectivity index (χ1) is 11.2. The Kier molecular flexibility index (Phi) is 11.6. The van der Waals surface area contributed by atoms with E-state index in [1.54, 1.807) is 0 Å². The van der Waals surface area contributed by atoms with E-state index in [1.165, 1.54) is 64.2 Å². The van der Waals surface area contributed by atoms with Crippen molar-refractivity contribution in [1.82, 2.24) is 0 Å². The van der Waals surface area contributed by atoms with Crippen molar-refractivity contribution in [2.75, 3.05) is 0 Å². The van der Waals surface area contributed by atoms with Crippen LogP contribution in [0.15, 0.2) is 24.3 Å². The van der Waals surface area contributed by atoms with E-state index < -0.39 is 5.97 Å². The van der Waals surface area contributed by atoms with Gasteiger partial charge in [-0.15, -0.1) is 0 Å². The zero-order valence-electron chi connectivity index (χ0n) is 15.0. The molecule has 0 saturated heterocycles. The number of unbranched alkanes of at least 4 members (excludes halogenated alkanes) is 6. The van der Waals surface area contributed by atoms with E-state index in [0.29, 0.717) is 6.42 Å². The molecule has 2 nitrogen and oxygen atoms in total. The highest BCUT2D eigenvalue weighted by atomic mass is 16.4. The molecule has 1 saturated carbocycles. The maximum atomic E-state index is 10.5. The lowest BCUT2D eigenvalue weighted by Gasteiger charge is -2.14. The Labute approximate surface area is 143 Å². The van der Waals surface area contributed by atoms with E-state index in [2.05, 4.69) is 25.2 Å². The molecule has 1 rings (SSSR count). The zero-order valence-corrected chi connectivity index (χ0v) is 15.0. The summed E-state index contributed by atoms with van der Waals surface area (Å²) in [5.41, 5.74) is 0. The molecule has 132 valence electrons. The molecule has 2 atom stereocenters. The van der Waals surface area contributed by atoms with Gasteiger partial charge in [0.2, 0.25) is 0 Å². The van der Waals surface area contributed by atoms with Gasteiger partial charge in [-0.2, -0.15) is 0 Å². The Morgan fingerprint density at radius 1 is 1.00 bits per heavy atom. The number of hydrogen-bond donors (Lipinski definition) is 1. The predicted molar refractivity (Wildman–Crippen MR) is 98.6 cm³/mol. The van der Waals surface area contributed by atoms with Gasteiger partial charge in [-0.3, -0.25) is 4.79 Å². The number of carboxylic acid groups (broad SMARTS) is 1. The largest absolute Gasteiger partial charge is 0.481 e. The van der Waals surface area contributed by atoms with Crippen LogP contribution in [0, 0.1) is 11.8 Å². The maximum Gasteiger partial charge on any atom is 0.303 e. The lowest BCUT2D eigenvalue weighted by Crippen LogP contribution is -2.03. The van der Waals surface area contributed by atoms with E-state index in [-0.39, 0.29) is 6.42 Å². The molecular formula is C21H36O2. The molecule has 23 heavy (non-hydrogen) atoms. The number of aliphatic carboxylic acids is 1. The van der Waals surface area contributed by atoms with Crippen LogP contribution in [0.5, 0.6) is 0 Å². The second-order valence-corrected chi connectivity index (χ2v) is 6.98. The van der Waals surface area contributed by atoms with Crippen molar-refractivity contribution >= 4 is 5.97 Å². The van der Waals surface area contributed by atoms with Crippen LogP contribution >= 0.6 is 0 Å². The number of carboxylic acids is 1. The van der Waals surface area contributed by atoms with Gasteiger partial charge in [0.25, 0.3) is 0 Å². The molecule has 0 unspecified atom stereocenters. The number of carbonyl (C=O) groups is 1. The van der Waals surface area contributed by atoms with Gasteiger partial charge in [-0.1, -0.05) is 69.8 Å². The van der Waals surface area contributed by atoms with Gasteiger partial charge in [-0.25, -0.2) is 0 Å². The van der Waals surface area contributed by atoms with Gasteiger partial charge in [0, 0.05) is 6.42 Å². The van der Waals surface area contributed by atoms with Crippen LogP contribution < -0.4 is 0 Å². The second-order valence-electron chi connectivity index (χ2n) is 6.98. The Bertz CT molecular complexity index is 357. The van der Waals surface area contributed by atoms with Crippen molar-refractivity contribution in [2.45, 2.75) is 90.4 Å². The van der Waals surface area contributed by atoms with Crippen LogP contribution in [-0.4, -0.2) is 11.1 Å². The molecule has 1 aliphatic carbocycles. The first-order valence-corrected chi connectivity index (χ1v) is 9.77. The van der Waals surface area contributed by atoms with Gasteiger partial charge in [0.1, 0.15) is 0 Å². The third-order valence-electron chi connectivity index (χ3n) is 4.96. The average molecular weight is 321 g/mol. The molecule has 0 bridgehead atoms. The van der Waals surface area contributed by atoms with Gasteiger partial charge < -0.3 is 5.11 Å². The summed E-state index contributed by atoms with van der Waals surface area (Å²) in [6.45, 7) is 2.27. The van der Waals surface area contributed by atoms with E-state index in [1.807, 2.05) is 6.08 Å². The van der Waals surface area contributed by atoms with Gasteiger partial charge >= 0.3 is 5.97 Å². The topological polar surface area (TPSA) is 37.3 Å². The van der Waals surface area contributed by atoms with Gasteiger partial charge in [-0.05, 0) is 50.4 Å². The lowest BCUT2D eigenvalue weighted by atomic mass is 9.92. The first-order valence-electron chi connectivity index (χ1n) is 9.77. The summed E-state index contributed by atoms with van der Waals surface area (Å²) in [5, 5.41) is 8.62. The molecule has 0 radical (unpaired) electrons. The van der Waals surface area contributed by atoms with E-state index >= 15 is 0 Å². The first kappa shape index (κ1) is 20.0. The molecule has 0 aromatic heterocycles. The fourth-order valence-corrected chi connectivity index (χ4v) is 3.52. The number of hydrogen-bond acceptors (Lipinski definition) is 1. The minimum absolute atomic E-state index is 0.253. The van der Waals surface area contributed by atoms with Crippen molar-refractivity contribution < 1.29 is 9.90 Å². The Morgan fingerprint density at radius 2 is 1.78 bits per heavy atom. The summed E-state index contributed by atoms with van der Waals surface area (Å²) >= 11 is 0. The Hall–Kier alpha value is -1.05. The summed E-state index contributed by atoms with van der Waals surface area (Å²) < 4.78 is 0. The number of rotatable bonds is 13. The van der Waals surface area contributed by atoms with Gasteiger partial charge in [0.15, 0.2) is 0 Å². The summed E-state index contributed by atoms with van der Waals surface area (Å²) in [6, 6.07) is 0. The van der Waals surface area contributed by atoms with Crippen LogP contribution in [0.4, 0.5) is 0 Å². The third-order valence-corrected chi connectivity index (χ3v) is 4.96. The molecule has 0 amide bonds. The maximum absolute atomic E-state index is 10.5. The minimum atomic E-state index is -0.703. The summed E-state index contributed by atoms with van der Waals surface area (Å²) in [6.07, 6.45) is 24.6. The standard InChI is InChI=1S/C21H36O2/c1-2-3-4-5-6-7-8-10-14-19-16-13-17-20(19)15-11-9-12-18-21(22)23/h9-11,14,19-20H,2-8,12-13,15-18H2,1H3,(H,22,23)/b11-9-,14-10+/t19-,20-/m0/s1.